The van der Waals surface area contributed by atoms with Crippen molar-refractivity contribution in [1.29, 1.82) is 5.26 Å². The van der Waals surface area contributed by atoms with Crippen molar-refractivity contribution >= 4 is 11.5 Å². The number of esters is 1. The molecule has 0 aromatic heterocycles. The summed E-state index contributed by atoms with van der Waals surface area (Å²) in [6, 6.07) is 19.8. The fourth-order valence-corrected chi connectivity index (χ4v) is 3.17. The molecule has 0 amide bonds. The van der Waals surface area contributed by atoms with E-state index >= 15 is 0 Å². The molecule has 0 radical (unpaired) electrons. The maximum Gasteiger partial charge on any atom is 0.349 e. The molecule has 3 heteroatoms. The van der Waals surface area contributed by atoms with Crippen LogP contribution in [0.1, 0.15) is 56.2 Å². The number of nitrogens with zero attached hydrogens (tertiary/aromatic N) is 1. The lowest BCUT2D eigenvalue weighted by Gasteiger charge is -2.15. The highest BCUT2D eigenvalue weighted by molar-refractivity contribution is 6.05. The van der Waals surface area contributed by atoms with Crippen LogP contribution in [-0.2, 0) is 16.0 Å². The number of ether oxygens (including phenoxy) is 1. The SMILES string of the molecule is CCCCCCc1ccccc1C(=C(C#N)C(=O)OCC)c1ccccc1. The maximum absolute atomic E-state index is 12.5. The van der Waals surface area contributed by atoms with Crippen LogP contribution in [0.5, 0.6) is 0 Å². The Morgan fingerprint density at radius 2 is 1.67 bits per heavy atom. The highest BCUT2D eigenvalue weighted by atomic mass is 16.5. The summed E-state index contributed by atoms with van der Waals surface area (Å²) in [7, 11) is 0. The number of nitriles is 1. The topological polar surface area (TPSA) is 50.1 Å². The number of aryl methyl sites for hydroxylation is 1. The summed E-state index contributed by atoms with van der Waals surface area (Å²) in [5, 5.41) is 9.74. The molecule has 2 aromatic carbocycles. The first-order chi connectivity index (χ1) is 13.2. The van der Waals surface area contributed by atoms with Gasteiger partial charge in [-0.1, -0.05) is 80.8 Å². The van der Waals surface area contributed by atoms with Crippen molar-refractivity contribution < 1.29 is 9.53 Å². The zero-order valence-electron chi connectivity index (χ0n) is 16.2. The molecule has 0 N–H and O–H groups in total. The monoisotopic (exact) mass is 361 g/mol. The smallest absolute Gasteiger partial charge is 0.349 e. The second-order valence-corrected chi connectivity index (χ2v) is 6.42. The molecule has 0 aliphatic heterocycles. The van der Waals surface area contributed by atoms with E-state index in [1.54, 1.807) is 6.92 Å². The van der Waals surface area contributed by atoms with Gasteiger partial charge < -0.3 is 4.74 Å². The molecule has 2 aromatic rings. The average molecular weight is 361 g/mol. The predicted octanol–water partition coefficient (Wildman–Crippen LogP) is 5.70. The van der Waals surface area contributed by atoms with E-state index in [-0.39, 0.29) is 12.2 Å². The number of carbonyl (C=O) groups is 1. The van der Waals surface area contributed by atoms with Gasteiger partial charge in [-0.15, -0.1) is 0 Å². The second-order valence-electron chi connectivity index (χ2n) is 6.42. The first-order valence-corrected chi connectivity index (χ1v) is 9.68. The van der Waals surface area contributed by atoms with E-state index in [2.05, 4.69) is 19.1 Å². The zero-order valence-corrected chi connectivity index (χ0v) is 16.2. The molecule has 0 saturated carbocycles. The zero-order chi connectivity index (χ0) is 19.5. The number of unbranched alkanes of at least 4 members (excludes halogenated alkanes) is 3. The van der Waals surface area contributed by atoms with Crippen LogP contribution >= 0.6 is 0 Å². The fourth-order valence-electron chi connectivity index (χ4n) is 3.17. The van der Waals surface area contributed by atoms with Gasteiger partial charge in [0.1, 0.15) is 11.6 Å². The van der Waals surface area contributed by atoms with Gasteiger partial charge in [0.25, 0.3) is 0 Å². The van der Waals surface area contributed by atoms with Crippen molar-refractivity contribution in [3.8, 4) is 6.07 Å². The molecule has 0 spiro atoms. The van der Waals surface area contributed by atoms with Crippen LogP contribution in [0.2, 0.25) is 0 Å². The summed E-state index contributed by atoms with van der Waals surface area (Å²) in [6.45, 7) is 4.18. The van der Waals surface area contributed by atoms with Crippen molar-refractivity contribution in [2.24, 2.45) is 0 Å². The summed E-state index contributed by atoms with van der Waals surface area (Å²) >= 11 is 0. The van der Waals surface area contributed by atoms with E-state index in [9.17, 15) is 10.1 Å². The van der Waals surface area contributed by atoms with E-state index in [0.717, 1.165) is 29.5 Å². The molecular formula is C24H27NO2. The third-order valence-corrected chi connectivity index (χ3v) is 4.49. The Balaban J connectivity index is 2.56. The number of hydrogen-bond donors (Lipinski definition) is 0. The summed E-state index contributed by atoms with van der Waals surface area (Å²) in [6.07, 6.45) is 5.61. The van der Waals surface area contributed by atoms with Crippen LogP contribution < -0.4 is 0 Å². The molecule has 0 fully saturated rings. The van der Waals surface area contributed by atoms with Crippen molar-refractivity contribution in [2.45, 2.75) is 46.0 Å². The van der Waals surface area contributed by atoms with Crippen molar-refractivity contribution in [3.05, 3.63) is 76.9 Å². The normalized spacial score (nSPS) is 11.4. The van der Waals surface area contributed by atoms with Gasteiger partial charge in [-0.3, -0.25) is 0 Å². The Morgan fingerprint density at radius 1 is 0.963 bits per heavy atom. The van der Waals surface area contributed by atoms with E-state index < -0.39 is 5.97 Å². The maximum atomic E-state index is 12.5. The highest BCUT2D eigenvalue weighted by Crippen LogP contribution is 2.31. The predicted molar refractivity (Wildman–Crippen MR) is 109 cm³/mol. The van der Waals surface area contributed by atoms with Crippen LogP contribution in [0.15, 0.2) is 60.2 Å². The van der Waals surface area contributed by atoms with Gasteiger partial charge in [-0.2, -0.15) is 5.26 Å². The summed E-state index contributed by atoms with van der Waals surface area (Å²) in [5.41, 5.74) is 3.66. The molecule has 0 bridgehead atoms. The third kappa shape index (κ3) is 5.56. The lowest BCUT2D eigenvalue weighted by Crippen LogP contribution is -2.10. The standard InChI is InChI=1S/C24H27NO2/c1-3-5-6-8-13-19-14-11-12-17-21(19)23(20-15-9-7-10-16-20)22(18-25)24(26)27-4-2/h7,9-12,14-17H,3-6,8,13H2,1-2H3. The average Bonchev–Trinajstić information content (AvgIpc) is 2.70. The van der Waals surface area contributed by atoms with Crippen LogP contribution in [0.4, 0.5) is 0 Å². The van der Waals surface area contributed by atoms with Gasteiger partial charge in [0.15, 0.2) is 0 Å². The molecule has 0 aliphatic rings. The van der Waals surface area contributed by atoms with Gasteiger partial charge in [0, 0.05) is 5.57 Å². The van der Waals surface area contributed by atoms with Gasteiger partial charge in [0.05, 0.1) is 6.61 Å². The minimum Gasteiger partial charge on any atom is -0.462 e. The number of rotatable bonds is 9. The number of hydrogen-bond acceptors (Lipinski definition) is 3. The van der Waals surface area contributed by atoms with Crippen LogP contribution in [0.3, 0.4) is 0 Å². The molecule has 0 aliphatic carbocycles. The molecule has 3 nitrogen and oxygen atoms in total. The van der Waals surface area contributed by atoms with E-state index in [0.29, 0.717) is 5.57 Å². The van der Waals surface area contributed by atoms with Gasteiger partial charge in [-0.05, 0) is 36.5 Å². The minimum absolute atomic E-state index is 0.0593. The molecule has 140 valence electrons. The van der Waals surface area contributed by atoms with Crippen molar-refractivity contribution in [1.82, 2.24) is 0 Å². The van der Waals surface area contributed by atoms with Crippen molar-refractivity contribution in [2.75, 3.05) is 6.61 Å². The molecule has 0 heterocycles. The molecule has 27 heavy (non-hydrogen) atoms. The van der Waals surface area contributed by atoms with Crippen LogP contribution in [-0.4, -0.2) is 12.6 Å². The highest BCUT2D eigenvalue weighted by Gasteiger charge is 2.21. The Kier molecular flexibility index (Phi) is 8.32. The lowest BCUT2D eigenvalue weighted by atomic mass is 9.88. The Labute approximate surface area is 162 Å². The largest absolute Gasteiger partial charge is 0.462 e. The van der Waals surface area contributed by atoms with Crippen LogP contribution in [0.25, 0.3) is 5.57 Å². The molecule has 0 saturated heterocycles. The third-order valence-electron chi connectivity index (χ3n) is 4.49. The van der Waals surface area contributed by atoms with Crippen molar-refractivity contribution in [3.63, 3.8) is 0 Å². The fraction of sp³-hybridized carbons (Fsp3) is 0.333. The first-order valence-electron chi connectivity index (χ1n) is 9.68. The number of carbonyl (C=O) groups excluding carboxylic acids is 1. The Hall–Kier alpha value is -2.86. The summed E-state index contributed by atoms with van der Waals surface area (Å²) in [4.78, 5) is 12.5. The van der Waals surface area contributed by atoms with Crippen LogP contribution in [0, 0.1) is 11.3 Å². The lowest BCUT2D eigenvalue weighted by molar-refractivity contribution is -0.137. The minimum atomic E-state index is -0.570. The van der Waals surface area contributed by atoms with E-state index in [1.807, 2.05) is 48.5 Å². The molecule has 0 unspecified atom stereocenters. The Bertz CT molecular complexity index is 816. The first kappa shape index (κ1) is 20.5. The molecule has 2 rings (SSSR count). The Morgan fingerprint density at radius 3 is 2.33 bits per heavy atom. The molecule has 0 atom stereocenters. The quantitative estimate of drug-likeness (QED) is 0.249. The number of benzene rings is 2. The molecular weight excluding hydrogens is 334 g/mol. The summed E-state index contributed by atoms with van der Waals surface area (Å²) in [5.74, 6) is -0.570. The van der Waals surface area contributed by atoms with Gasteiger partial charge in [0.2, 0.25) is 0 Å². The van der Waals surface area contributed by atoms with Gasteiger partial charge >= 0.3 is 5.97 Å². The second kappa shape index (κ2) is 11.0. The summed E-state index contributed by atoms with van der Waals surface area (Å²) < 4.78 is 5.15. The van der Waals surface area contributed by atoms with E-state index in [1.165, 1.54) is 19.3 Å². The van der Waals surface area contributed by atoms with Gasteiger partial charge in [-0.25, -0.2) is 4.79 Å². The van der Waals surface area contributed by atoms with E-state index in [4.69, 9.17) is 4.74 Å².